The summed E-state index contributed by atoms with van der Waals surface area (Å²) in [6.07, 6.45) is 0.457. The quantitative estimate of drug-likeness (QED) is 0.809. The fourth-order valence-corrected chi connectivity index (χ4v) is 1.58. The molecule has 0 fully saturated rings. The van der Waals surface area contributed by atoms with Crippen LogP contribution in [0.5, 0.6) is 5.75 Å². The van der Waals surface area contributed by atoms with Gasteiger partial charge in [-0.15, -0.1) is 0 Å². The summed E-state index contributed by atoms with van der Waals surface area (Å²) < 4.78 is 5.68. The van der Waals surface area contributed by atoms with Crippen LogP contribution >= 0.6 is 0 Å². The highest BCUT2D eigenvalue weighted by atomic mass is 16.5. The van der Waals surface area contributed by atoms with Gasteiger partial charge in [-0.3, -0.25) is 4.79 Å². The maximum Gasteiger partial charge on any atom is 0.221 e. The van der Waals surface area contributed by atoms with Crippen LogP contribution in [-0.4, -0.2) is 18.1 Å². The van der Waals surface area contributed by atoms with Gasteiger partial charge < -0.3 is 15.8 Å². The van der Waals surface area contributed by atoms with Gasteiger partial charge in [0.2, 0.25) is 5.91 Å². The largest absolute Gasteiger partial charge is 0.491 e. The van der Waals surface area contributed by atoms with E-state index >= 15 is 0 Å². The van der Waals surface area contributed by atoms with Crippen LogP contribution in [0.3, 0.4) is 0 Å². The third-order valence-corrected chi connectivity index (χ3v) is 2.32. The fourth-order valence-electron chi connectivity index (χ4n) is 1.58. The van der Waals surface area contributed by atoms with Gasteiger partial charge in [-0.2, -0.15) is 0 Å². The third-order valence-electron chi connectivity index (χ3n) is 2.32. The lowest BCUT2D eigenvalue weighted by Crippen LogP contribution is -2.29. The third kappa shape index (κ3) is 5.19. The van der Waals surface area contributed by atoms with Crippen LogP contribution in [0, 0.1) is 0 Å². The summed E-state index contributed by atoms with van der Waals surface area (Å²) in [6.45, 7) is 6.24. The molecule has 0 aliphatic heterocycles. The molecule has 0 aromatic heterocycles. The van der Waals surface area contributed by atoms with Gasteiger partial charge in [0.15, 0.2) is 0 Å². The van der Waals surface area contributed by atoms with E-state index < -0.39 is 0 Å². The van der Waals surface area contributed by atoms with Gasteiger partial charge in [-0.05, 0) is 26.8 Å². The van der Waals surface area contributed by atoms with E-state index in [0.717, 1.165) is 11.3 Å². The molecule has 18 heavy (non-hydrogen) atoms. The van der Waals surface area contributed by atoms with Gasteiger partial charge in [-0.25, -0.2) is 0 Å². The summed E-state index contributed by atoms with van der Waals surface area (Å²) in [7, 11) is 0. The van der Waals surface area contributed by atoms with Crippen LogP contribution in [0.25, 0.3) is 0 Å². The zero-order valence-corrected chi connectivity index (χ0v) is 11.3. The minimum Gasteiger partial charge on any atom is -0.491 e. The number of nitrogens with one attached hydrogen (secondary N) is 1. The SMILES string of the molecule is CC(N)CC(=O)NCc1ccccc1OC(C)C. The van der Waals surface area contributed by atoms with Crippen molar-refractivity contribution in [2.24, 2.45) is 5.73 Å². The number of carbonyl (C=O) groups excluding carboxylic acids is 1. The molecule has 0 saturated carbocycles. The Hall–Kier alpha value is -1.55. The van der Waals surface area contributed by atoms with Crippen LogP contribution < -0.4 is 15.8 Å². The number of hydrogen-bond donors (Lipinski definition) is 2. The molecule has 4 heteroatoms. The highest BCUT2D eigenvalue weighted by Crippen LogP contribution is 2.19. The number of nitrogens with two attached hydrogens (primary N) is 1. The van der Waals surface area contributed by atoms with Crippen molar-refractivity contribution in [2.75, 3.05) is 0 Å². The molecule has 1 amide bonds. The minimum atomic E-state index is -0.118. The second-order valence-electron chi connectivity index (χ2n) is 4.73. The van der Waals surface area contributed by atoms with E-state index in [0.29, 0.717) is 13.0 Å². The van der Waals surface area contributed by atoms with E-state index in [1.165, 1.54) is 0 Å². The molecule has 0 aliphatic carbocycles. The second-order valence-corrected chi connectivity index (χ2v) is 4.73. The first-order chi connectivity index (χ1) is 8.49. The Balaban J connectivity index is 2.58. The Kier molecular flexibility index (Phi) is 5.65. The van der Waals surface area contributed by atoms with Gasteiger partial charge in [0.05, 0.1) is 6.10 Å². The summed E-state index contributed by atoms with van der Waals surface area (Å²) >= 11 is 0. The summed E-state index contributed by atoms with van der Waals surface area (Å²) in [6, 6.07) is 7.59. The molecule has 1 aromatic carbocycles. The average Bonchev–Trinajstić information content (AvgIpc) is 2.26. The topological polar surface area (TPSA) is 64.4 Å². The van der Waals surface area contributed by atoms with Gasteiger partial charge in [0, 0.05) is 24.6 Å². The van der Waals surface area contributed by atoms with Crippen LogP contribution in [0.2, 0.25) is 0 Å². The first-order valence-corrected chi connectivity index (χ1v) is 6.26. The fraction of sp³-hybridized carbons (Fsp3) is 0.500. The summed E-state index contributed by atoms with van der Waals surface area (Å²) in [5.74, 6) is 0.776. The van der Waals surface area contributed by atoms with Crippen LogP contribution in [0.1, 0.15) is 32.8 Å². The molecule has 0 heterocycles. The van der Waals surface area contributed by atoms with E-state index in [2.05, 4.69) is 5.32 Å². The summed E-state index contributed by atoms with van der Waals surface area (Å²) in [4.78, 5) is 11.5. The molecule has 1 rings (SSSR count). The van der Waals surface area contributed by atoms with Crippen LogP contribution in [-0.2, 0) is 11.3 Å². The maximum absolute atomic E-state index is 11.5. The number of amides is 1. The van der Waals surface area contributed by atoms with Crippen molar-refractivity contribution in [1.82, 2.24) is 5.32 Å². The van der Waals surface area contributed by atoms with Crippen molar-refractivity contribution < 1.29 is 9.53 Å². The molecular weight excluding hydrogens is 228 g/mol. The normalized spacial score (nSPS) is 12.3. The van der Waals surface area contributed by atoms with E-state index in [1.54, 1.807) is 0 Å². The van der Waals surface area contributed by atoms with Crippen molar-refractivity contribution in [3.63, 3.8) is 0 Å². The van der Waals surface area contributed by atoms with Gasteiger partial charge in [0.1, 0.15) is 5.75 Å². The molecular formula is C14H22N2O2. The zero-order valence-electron chi connectivity index (χ0n) is 11.3. The molecule has 0 radical (unpaired) electrons. The first-order valence-electron chi connectivity index (χ1n) is 6.26. The van der Waals surface area contributed by atoms with E-state index in [-0.39, 0.29) is 18.1 Å². The second kappa shape index (κ2) is 7.01. The predicted octanol–water partition coefficient (Wildman–Crippen LogP) is 1.83. The number of carbonyl (C=O) groups is 1. The van der Waals surface area contributed by atoms with Crippen molar-refractivity contribution >= 4 is 5.91 Å². The molecule has 0 saturated heterocycles. The van der Waals surface area contributed by atoms with Crippen molar-refractivity contribution in [1.29, 1.82) is 0 Å². The first kappa shape index (κ1) is 14.5. The molecule has 3 N–H and O–H groups in total. The molecule has 1 unspecified atom stereocenters. The number of para-hydroxylation sites is 1. The molecule has 0 aliphatic rings. The Labute approximate surface area is 109 Å². The molecule has 4 nitrogen and oxygen atoms in total. The summed E-state index contributed by atoms with van der Waals surface area (Å²) in [5, 5.41) is 2.84. The molecule has 100 valence electrons. The number of benzene rings is 1. The molecule has 1 atom stereocenters. The molecule has 1 aromatic rings. The average molecular weight is 250 g/mol. The lowest BCUT2D eigenvalue weighted by molar-refractivity contribution is -0.121. The lowest BCUT2D eigenvalue weighted by Gasteiger charge is -2.14. The predicted molar refractivity (Wildman–Crippen MR) is 72.3 cm³/mol. The van der Waals surface area contributed by atoms with Crippen molar-refractivity contribution in [3.05, 3.63) is 29.8 Å². The van der Waals surface area contributed by atoms with Gasteiger partial charge >= 0.3 is 0 Å². The maximum atomic E-state index is 11.5. The Morgan fingerprint density at radius 2 is 2.00 bits per heavy atom. The number of rotatable bonds is 6. The smallest absolute Gasteiger partial charge is 0.221 e. The molecule has 0 spiro atoms. The van der Waals surface area contributed by atoms with E-state index in [1.807, 2.05) is 45.0 Å². The minimum absolute atomic E-state index is 0.0376. The van der Waals surface area contributed by atoms with Crippen molar-refractivity contribution in [3.8, 4) is 5.75 Å². The zero-order chi connectivity index (χ0) is 13.5. The van der Waals surface area contributed by atoms with E-state index in [4.69, 9.17) is 10.5 Å². The Bertz CT molecular complexity index is 389. The summed E-state index contributed by atoms with van der Waals surface area (Å²) in [5.41, 5.74) is 6.55. The number of ether oxygens (including phenoxy) is 1. The standard InChI is InChI=1S/C14H22N2O2/c1-10(2)18-13-7-5-4-6-12(13)9-16-14(17)8-11(3)15/h4-7,10-11H,8-9,15H2,1-3H3,(H,16,17). The highest BCUT2D eigenvalue weighted by molar-refractivity contribution is 5.76. The van der Waals surface area contributed by atoms with Gasteiger partial charge in [-0.1, -0.05) is 18.2 Å². The van der Waals surface area contributed by atoms with Gasteiger partial charge in [0.25, 0.3) is 0 Å². The Morgan fingerprint density at radius 3 is 2.61 bits per heavy atom. The van der Waals surface area contributed by atoms with Crippen LogP contribution in [0.4, 0.5) is 0 Å². The number of hydrogen-bond acceptors (Lipinski definition) is 3. The van der Waals surface area contributed by atoms with E-state index in [9.17, 15) is 4.79 Å². The lowest BCUT2D eigenvalue weighted by atomic mass is 10.2. The van der Waals surface area contributed by atoms with Crippen LogP contribution in [0.15, 0.2) is 24.3 Å². The molecule has 0 bridgehead atoms. The Morgan fingerprint density at radius 1 is 1.33 bits per heavy atom. The monoisotopic (exact) mass is 250 g/mol. The van der Waals surface area contributed by atoms with Crippen molar-refractivity contribution in [2.45, 2.75) is 45.9 Å². The highest BCUT2D eigenvalue weighted by Gasteiger charge is 2.08.